The van der Waals surface area contributed by atoms with E-state index in [0.29, 0.717) is 0 Å². The number of carboxylic acids is 1. The maximum Gasteiger partial charge on any atom is 0.573 e. The van der Waals surface area contributed by atoms with Gasteiger partial charge in [-0.1, -0.05) is 0 Å². The molecule has 90 valence electrons. The van der Waals surface area contributed by atoms with Gasteiger partial charge in [-0.2, -0.15) is 5.26 Å². The fourth-order valence-corrected chi connectivity index (χ4v) is 1.03. The Labute approximate surface area is 93.1 Å². The first-order valence-electron chi connectivity index (χ1n) is 4.19. The number of hydrogen-bond donors (Lipinski definition) is 1. The first-order valence-corrected chi connectivity index (χ1v) is 4.19. The van der Waals surface area contributed by atoms with Gasteiger partial charge in [0.05, 0.1) is 12.1 Å². The molecular formula is C9H5F3N2O3. The summed E-state index contributed by atoms with van der Waals surface area (Å²) in [5, 5.41) is 17.0. The van der Waals surface area contributed by atoms with E-state index in [0.717, 1.165) is 12.1 Å². The molecule has 0 aliphatic heterocycles. The van der Waals surface area contributed by atoms with Crippen LogP contribution in [0.2, 0.25) is 0 Å². The van der Waals surface area contributed by atoms with E-state index in [1.807, 2.05) is 0 Å². The molecule has 0 radical (unpaired) electrons. The predicted molar refractivity (Wildman–Crippen MR) is 47.0 cm³/mol. The zero-order valence-corrected chi connectivity index (χ0v) is 8.15. The molecule has 8 heteroatoms. The second-order valence-electron chi connectivity index (χ2n) is 2.88. The molecular weight excluding hydrogens is 241 g/mol. The highest BCUT2D eigenvalue weighted by molar-refractivity contribution is 5.69. The van der Waals surface area contributed by atoms with Crippen LogP contribution in [0.25, 0.3) is 0 Å². The molecule has 0 spiro atoms. The minimum atomic E-state index is -4.93. The minimum Gasteiger partial charge on any atom is -0.481 e. The number of nitrogens with zero attached hydrogens (tertiary/aromatic N) is 2. The Bertz CT molecular complexity index is 479. The van der Waals surface area contributed by atoms with Crippen LogP contribution < -0.4 is 4.74 Å². The Morgan fingerprint density at radius 3 is 2.65 bits per heavy atom. The van der Waals surface area contributed by atoms with Crippen molar-refractivity contribution in [2.24, 2.45) is 0 Å². The van der Waals surface area contributed by atoms with E-state index in [-0.39, 0.29) is 5.69 Å². The molecule has 1 rings (SSSR count). The van der Waals surface area contributed by atoms with Crippen LogP contribution in [0.4, 0.5) is 13.2 Å². The number of carbonyl (C=O) groups is 1. The Kier molecular flexibility index (Phi) is 3.52. The van der Waals surface area contributed by atoms with E-state index >= 15 is 0 Å². The van der Waals surface area contributed by atoms with Crippen molar-refractivity contribution >= 4 is 5.97 Å². The van der Waals surface area contributed by atoms with Crippen LogP contribution in [-0.2, 0) is 11.2 Å². The van der Waals surface area contributed by atoms with Crippen molar-refractivity contribution in [2.75, 3.05) is 0 Å². The fraction of sp³-hybridized carbons (Fsp3) is 0.222. The first kappa shape index (κ1) is 12.8. The molecule has 17 heavy (non-hydrogen) atoms. The number of rotatable bonds is 3. The molecule has 0 unspecified atom stereocenters. The molecule has 0 fully saturated rings. The maximum atomic E-state index is 11.9. The van der Waals surface area contributed by atoms with E-state index in [1.54, 1.807) is 0 Å². The molecule has 1 N–H and O–H groups in total. The second kappa shape index (κ2) is 4.69. The van der Waals surface area contributed by atoms with E-state index in [1.165, 1.54) is 6.07 Å². The Hall–Kier alpha value is -2.30. The van der Waals surface area contributed by atoms with Crippen molar-refractivity contribution in [3.05, 3.63) is 23.5 Å². The van der Waals surface area contributed by atoms with Gasteiger partial charge in [0.2, 0.25) is 0 Å². The van der Waals surface area contributed by atoms with Crippen LogP contribution in [0, 0.1) is 11.3 Å². The van der Waals surface area contributed by atoms with Gasteiger partial charge < -0.3 is 9.84 Å². The Morgan fingerprint density at radius 2 is 2.18 bits per heavy atom. The predicted octanol–water partition coefficient (Wildman–Crippen LogP) is 1.48. The normalized spacial score (nSPS) is 10.7. The summed E-state index contributed by atoms with van der Waals surface area (Å²) in [5.74, 6) is -1.96. The SMILES string of the molecule is N#Cc1nc(CC(=O)O)ccc1OC(F)(F)F. The summed E-state index contributed by atoms with van der Waals surface area (Å²) in [6.07, 6.45) is -5.41. The van der Waals surface area contributed by atoms with Crippen LogP contribution >= 0.6 is 0 Å². The number of nitriles is 1. The van der Waals surface area contributed by atoms with Gasteiger partial charge in [0.1, 0.15) is 6.07 Å². The van der Waals surface area contributed by atoms with Crippen LogP contribution in [0.1, 0.15) is 11.4 Å². The number of ether oxygens (including phenoxy) is 1. The average molecular weight is 246 g/mol. The topological polar surface area (TPSA) is 83.2 Å². The number of halogens is 3. The second-order valence-corrected chi connectivity index (χ2v) is 2.88. The molecule has 1 aromatic heterocycles. The summed E-state index contributed by atoms with van der Waals surface area (Å²) in [4.78, 5) is 13.8. The largest absolute Gasteiger partial charge is 0.573 e. The fourth-order valence-electron chi connectivity index (χ4n) is 1.03. The first-order chi connectivity index (χ1) is 7.81. The van der Waals surface area contributed by atoms with Crippen LogP contribution in [-0.4, -0.2) is 22.4 Å². The van der Waals surface area contributed by atoms with E-state index in [4.69, 9.17) is 10.4 Å². The third-order valence-corrected chi connectivity index (χ3v) is 1.58. The van der Waals surface area contributed by atoms with Gasteiger partial charge in [-0.25, -0.2) is 4.98 Å². The molecule has 5 nitrogen and oxygen atoms in total. The Morgan fingerprint density at radius 1 is 1.53 bits per heavy atom. The summed E-state index contributed by atoms with van der Waals surface area (Å²) in [7, 11) is 0. The Balaban J connectivity index is 3.02. The van der Waals surface area contributed by atoms with Gasteiger partial charge in [0, 0.05) is 0 Å². The zero-order chi connectivity index (χ0) is 13.1. The summed E-state index contributed by atoms with van der Waals surface area (Å²) in [6, 6.07) is 3.31. The highest BCUT2D eigenvalue weighted by Gasteiger charge is 2.32. The summed E-state index contributed by atoms with van der Waals surface area (Å²) >= 11 is 0. The van der Waals surface area contributed by atoms with Gasteiger partial charge in [0.15, 0.2) is 11.4 Å². The molecule has 0 bridgehead atoms. The molecule has 1 aromatic rings. The number of carboxylic acid groups (broad SMARTS) is 1. The zero-order valence-electron chi connectivity index (χ0n) is 8.15. The van der Waals surface area contributed by atoms with Crippen molar-refractivity contribution in [3.63, 3.8) is 0 Å². The van der Waals surface area contributed by atoms with Gasteiger partial charge in [-0.05, 0) is 12.1 Å². The van der Waals surface area contributed by atoms with Crippen LogP contribution in [0.5, 0.6) is 5.75 Å². The highest BCUT2D eigenvalue weighted by Crippen LogP contribution is 2.25. The molecule has 0 amide bonds. The van der Waals surface area contributed by atoms with Gasteiger partial charge in [-0.15, -0.1) is 13.2 Å². The van der Waals surface area contributed by atoms with Crippen molar-refractivity contribution in [1.29, 1.82) is 5.26 Å². The van der Waals surface area contributed by atoms with Gasteiger partial charge >= 0.3 is 12.3 Å². The smallest absolute Gasteiger partial charge is 0.481 e. The summed E-state index contributed by atoms with van der Waals surface area (Å²) in [5.41, 5.74) is -0.635. The van der Waals surface area contributed by atoms with Crippen molar-refractivity contribution in [3.8, 4) is 11.8 Å². The standard InChI is InChI=1S/C9H5F3N2O3/c10-9(11,12)17-7-2-1-5(3-8(15)16)14-6(7)4-13/h1-2H,3H2,(H,15,16). The number of aliphatic carboxylic acids is 1. The van der Waals surface area contributed by atoms with E-state index in [9.17, 15) is 18.0 Å². The van der Waals surface area contributed by atoms with Crippen molar-refractivity contribution < 1.29 is 27.8 Å². The van der Waals surface area contributed by atoms with Gasteiger partial charge in [-0.3, -0.25) is 4.79 Å². The van der Waals surface area contributed by atoms with Gasteiger partial charge in [0.25, 0.3) is 0 Å². The number of aromatic nitrogens is 1. The lowest BCUT2D eigenvalue weighted by atomic mass is 10.2. The third-order valence-electron chi connectivity index (χ3n) is 1.58. The van der Waals surface area contributed by atoms with Crippen molar-refractivity contribution in [2.45, 2.75) is 12.8 Å². The summed E-state index contributed by atoms with van der Waals surface area (Å²) < 4.78 is 39.3. The van der Waals surface area contributed by atoms with E-state index < -0.39 is 30.2 Å². The molecule has 0 saturated carbocycles. The number of pyridine rings is 1. The lowest BCUT2D eigenvalue weighted by Gasteiger charge is -2.09. The number of alkyl halides is 3. The van der Waals surface area contributed by atoms with E-state index in [2.05, 4.69) is 9.72 Å². The lowest BCUT2D eigenvalue weighted by molar-refractivity contribution is -0.274. The average Bonchev–Trinajstić information content (AvgIpc) is 2.17. The minimum absolute atomic E-state index is 0.0245. The highest BCUT2D eigenvalue weighted by atomic mass is 19.4. The molecule has 1 heterocycles. The molecule has 0 saturated heterocycles. The lowest BCUT2D eigenvalue weighted by Crippen LogP contribution is -2.18. The molecule has 0 aliphatic rings. The molecule has 0 atom stereocenters. The molecule has 0 aromatic carbocycles. The maximum absolute atomic E-state index is 11.9. The van der Waals surface area contributed by atoms with Crippen molar-refractivity contribution in [1.82, 2.24) is 4.98 Å². The third kappa shape index (κ3) is 3.98. The van der Waals surface area contributed by atoms with Crippen LogP contribution in [0.15, 0.2) is 12.1 Å². The number of hydrogen-bond acceptors (Lipinski definition) is 4. The quantitative estimate of drug-likeness (QED) is 0.873. The molecule has 0 aliphatic carbocycles. The monoisotopic (exact) mass is 246 g/mol. The van der Waals surface area contributed by atoms with Crippen LogP contribution in [0.3, 0.4) is 0 Å². The summed E-state index contributed by atoms with van der Waals surface area (Å²) in [6.45, 7) is 0.